The normalized spacial score (nSPS) is 12.9. The number of nitriles is 1. The van der Waals surface area contributed by atoms with Crippen LogP contribution in [0.15, 0.2) is 18.2 Å². The van der Waals surface area contributed by atoms with Gasteiger partial charge >= 0.3 is 5.97 Å². The van der Waals surface area contributed by atoms with Crippen LogP contribution in [0.25, 0.3) is 0 Å². The summed E-state index contributed by atoms with van der Waals surface area (Å²) < 4.78 is 23.1. The minimum atomic E-state index is -1.06. The summed E-state index contributed by atoms with van der Waals surface area (Å²) in [7, 11) is 1.31. The van der Waals surface area contributed by atoms with Gasteiger partial charge in [0.2, 0.25) is 0 Å². The number of methoxy groups -OCH3 is 1. The highest BCUT2D eigenvalue weighted by molar-refractivity contribution is 5.91. The summed E-state index contributed by atoms with van der Waals surface area (Å²) in [5, 5.41) is 11.6. The molecule has 0 radical (unpaired) electrons. The number of halogens is 1. The molecule has 0 aliphatic rings. The quantitative estimate of drug-likeness (QED) is 0.810. The molecule has 0 spiro atoms. The molecule has 0 bridgehead atoms. The van der Waals surface area contributed by atoms with Crippen LogP contribution in [0.1, 0.15) is 31.1 Å². The zero-order valence-corrected chi connectivity index (χ0v) is 13.5. The average Bonchev–Trinajstić information content (AvgIpc) is 2.52. The van der Waals surface area contributed by atoms with Gasteiger partial charge in [0.1, 0.15) is 5.54 Å². The topological polar surface area (TPSA) is 88.4 Å². The molecule has 1 amide bonds. The van der Waals surface area contributed by atoms with Crippen molar-refractivity contribution in [2.24, 2.45) is 5.92 Å². The molecule has 1 aromatic rings. The lowest BCUT2D eigenvalue weighted by Gasteiger charge is -2.27. The summed E-state index contributed by atoms with van der Waals surface area (Å²) in [6, 6.07) is 5.60. The predicted molar refractivity (Wildman–Crippen MR) is 80.2 cm³/mol. The Morgan fingerprint density at radius 1 is 1.43 bits per heavy atom. The van der Waals surface area contributed by atoms with Crippen LogP contribution >= 0.6 is 0 Å². The Balaban J connectivity index is 2.64. The van der Waals surface area contributed by atoms with Gasteiger partial charge in [0.25, 0.3) is 5.91 Å². The first-order valence-electron chi connectivity index (χ1n) is 6.96. The summed E-state index contributed by atoms with van der Waals surface area (Å²) in [6.45, 7) is 4.60. The molecule has 1 atom stereocenters. The Morgan fingerprint density at radius 3 is 2.57 bits per heavy atom. The molecule has 0 unspecified atom stereocenters. The van der Waals surface area contributed by atoms with Gasteiger partial charge in [0.15, 0.2) is 18.2 Å². The molecule has 0 aliphatic heterocycles. The fourth-order valence-electron chi connectivity index (χ4n) is 1.63. The van der Waals surface area contributed by atoms with Crippen molar-refractivity contribution in [2.45, 2.75) is 26.3 Å². The first-order valence-corrected chi connectivity index (χ1v) is 6.96. The smallest absolute Gasteiger partial charge is 0.338 e. The van der Waals surface area contributed by atoms with Gasteiger partial charge in [-0.15, -0.1) is 0 Å². The molecule has 6 nitrogen and oxygen atoms in total. The summed E-state index contributed by atoms with van der Waals surface area (Å²) in [5.74, 6) is -2.28. The van der Waals surface area contributed by atoms with Crippen molar-refractivity contribution < 1.29 is 23.5 Å². The molecule has 1 N–H and O–H groups in total. The van der Waals surface area contributed by atoms with E-state index in [1.807, 2.05) is 6.07 Å². The molecule has 23 heavy (non-hydrogen) atoms. The van der Waals surface area contributed by atoms with Gasteiger partial charge in [0.05, 0.1) is 18.7 Å². The van der Waals surface area contributed by atoms with Crippen molar-refractivity contribution >= 4 is 11.9 Å². The number of carbonyl (C=O) groups excluding carboxylic acids is 2. The number of benzene rings is 1. The van der Waals surface area contributed by atoms with Crippen molar-refractivity contribution in [3.8, 4) is 11.8 Å². The molecule has 0 aromatic heterocycles. The minimum Gasteiger partial charge on any atom is -0.494 e. The van der Waals surface area contributed by atoms with Gasteiger partial charge in [-0.1, -0.05) is 13.8 Å². The molecular weight excluding hydrogens is 303 g/mol. The number of amides is 1. The summed E-state index contributed by atoms with van der Waals surface area (Å²) >= 11 is 0. The molecule has 1 aromatic carbocycles. The van der Waals surface area contributed by atoms with Gasteiger partial charge in [-0.25, -0.2) is 9.18 Å². The molecular formula is C16H19FN2O4. The van der Waals surface area contributed by atoms with E-state index in [1.54, 1.807) is 20.8 Å². The molecule has 124 valence electrons. The van der Waals surface area contributed by atoms with E-state index in [-0.39, 0.29) is 17.2 Å². The monoisotopic (exact) mass is 322 g/mol. The van der Waals surface area contributed by atoms with Crippen molar-refractivity contribution in [3.63, 3.8) is 0 Å². The van der Waals surface area contributed by atoms with Crippen LogP contribution in [0.3, 0.4) is 0 Å². The fraction of sp³-hybridized carbons (Fsp3) is 0.438. The number of nitrogens with zero attached hydrogens (tertiary/aromatic N) is 1. The van der Waals surface area contributed by atoms with E-state index in [2.05, 4.69) is 5.32 Å². The second-order valence-electron chi connectivity index (χ2n) is 5.44. The molecule has 1 rings (SSSR count). The summed E-state index contributed by atoms with van der Waals surface area (Å²) in [5.41, 5.74) is -1.10. The molecule has 0 saturated heterocycles. The van der Waals surface area contributed by atoms with Crippen LogP contribution in [-0.2, 0) is 9.53 Å². The van der Waals surface area contributed by atoms with Crippen LogP contribution in [0.4, 0.5) is 4.39 Å². The van der Waals surface area contributed by atoms with Gasteiger partial charge in [-0.05, 0) is 31.0 Å². The lowest BCUT2D eigenvalue weighted by molar-refractivity contribution is -0.125. The number of carbonyl (C=O) groups is 2. The third kappa shape index (κ3) is 4.68. The highest BCUT2D eigenvalue weighted by Crippen LogP contribution is 2.18. The SMILES string of the molecule is COc1ccc(C(=O)OCC(=O)N[C@](C)(C#N)C(C)C)cc1F. The maximum absolute atomic E-state index is 13.5. The third-order valence-electron chi connectivity index (χ3n) is 3.51. The van der Waals surface area contributed by atoms with Gasteiger partial charge < -0.3 is 14.8 Å². The summed E-state index contributed by atoms with van der Waals surface area (Å²) in [6.07, 6.45) is 0. The highest BCUT2D eigenvalue weighted by atomic mass is 19.1. The number of nitrogens with one attached hydrogen (secondary N) is 1. The van der Waals surface area contributed by atoms with E-state index in [4.69, 9.17) is 14.7 Å². The zero-order chi connectivity index (χ0) is 17.6. The van der Waals surface area contributed by atoms with Crippen LogP contribution in [0.5, 0.6) is 5.75 Å². The molecule has 7 heteroatoms. The van der Waals surface area contributed by atoms with Crippen molar-refractivity contribution in [3.05, 3.63) is 29.6 Å². The number of esters is 1. The number of hydrogen-bond acceptors (Lipinski definition) is 5. The van der Waals surface area contributed by atoms with Gasteiger partial charge in [-0.2, -0.15) is 5.26 Å². The van der Waals surface area contributed by atoms with Crippen LogP contribution < -0.4 is 10.1 Å². The van der Waals surface area contributed by atoms with Crippen molar-refractivity contribution in [1.29, 1.82) is 5.26 Å². The molecule has 0 saturated carbocycles. The molecule has 0 fully saturated rings. The molecule has 0 aliphatic carbocycles. The average molecular weight is 322 g/mol. The third-order valence-corrected chi connectivity index (χ3v) is 3.51. The maximum Gasteiger partial charge on any atom is 0.338 e. The Kier molecular flexibility index (Phi) is 6.08. The van der Waals surface area contributed by atoms with E-state index < -0.39 is 29.8 Å². The van der Waals surface area contributed by atoms with Crippen LogP contribution in [-0.4, -0.2) is 31.1 Å². The van der Waals surface area contributed by atoms with Crippen molar-refractivity contribution in [1.82, 2.24) is 5.32 Å². The second kappa shape index (κ2) is 7.58. The minimum absolute atomic E-state index is 0.000938. The van der Waals surface area contributed by atoms with Crippen LogP contribution in [0, 0.1) is 23.1 Å². The lowest BCUT2D eigenvalue weighted by Crippen LogP contribution is -2.50. The van der Waals surface area contributed by atoms with E-state index in [0.717, 1.165) is 6.07 Å². The Labute approximate surface area is 134 Å². The number of rotatable bonds is 6. The Bertz CT molecular complexity index is 639. The number of ether oxygens (including phenoxy) is 2. The van der Waals surface area contributed by atoms with E-state index in [9.17, 15) is 14.0 Å². The summed E-state index contributed by atoms with van der Waals surface area (Å²) in [4.78, 5) is 23.6. The number of hydrogen-bond donors (Lipinski definition) is 1. The van der Waals surface area contributed by atoms with Crippen LogP contribution in [0.2, 0.25) is 0 Å². The lowest BCUT2D eigenvalue weighted by atomic mass is 9.90. The van der Waals surface area contributed by atoms with E-state index in [0.29, 0.717) is 0 Å². The fourth-order valence-corrected chi connectivity index (χ4v) is 1.63. The largest absolute Gasteiger partial charge is 0.494 e. The maximum atomic E-state index is 13.5. The van der Waals surface area contributed by atoms with Gasteiger partial charge in [-0.3, -0.25) is 4.79 Å². The highest BCUT2D eigenvalue weighted by Gasteiger charge is 2.30. The standard InChI is InChI=1S/C16H19FN2O4/c1-10(2)16(3,9-18)19-14(20)8-23-15(21)11-5-6-13(22-4)12(17)7-11/h5-7,10H,8H2,1-4H3,(H,19,20)/t16-/m1/s1. The first-order chi connectivity index (χ1) is 10.7. The van der Waals surface area contributed by atoms with E-state index in [1.165, 1.54) is 19.2 Å². The van der Waals surface area contributed by atoms with E-state index >= 15 is 0 Å². The van der Waals surface area contributed by atoms with Gasteiger partial charge in [0, 0.05) is 0 Å². The van der Waals surface area contributed by atoms with Crippen molar-refractivity contribution in [2.75, 3.05) is 13.7 Å². The Hall–Kier alpha value is -2.62. The first kappa shape index (κ1) is 18.4. The predicted octanol–water partition coefficient (Wildman–Crippen LogP) is 2.05. The Morgan fingerprint density at radius 2 is 2.09 bits per heavy atom. The second-order valence-corrected chi connectivity index (χ2v) is 5.44. The molecule has 0 heterocycles. The zero-order valence-electron chi connectivity index (χ0n) is 13.5.